The van der Waals surface area contributed by atoms with E-state index in [-0.39, 0.29) is 23.4 Å². The van der Waals surface area contributed by atoms with Gasteiger partial charge in [-0.1, -0.05) is 0 Å². The van der Waals surface area contributed by atoms with Crippen molar-refractivity contribution < 1.29 is 14.3 Å². The number of imidazole rings is 1. The maximum Gasteiger partial charge on any atom is 0.329 e. The molecule has 27 heavy (non-hydrogen) atoms. The third-order valence-electron chi connectivity index (χ3n) is 6.35. The van der Waals surface area contributed by atoms with Crippen molar-refractivity contribution >= 4 is 22.8 Å². The van der Waals surface area contributed by atoms with Crippen LogP contribution in [0.4, 0.5) is 0 Å². The summed E-state index contributed by atoms with van der Waals surface area (Å²) in [6, 6.07) is 3.28. The van der Waals surface area contributed by atoms with E-state index in [0.717, 1.165) is 42.8 Å². The van der Waals surface area contributed by atoms with Gasteiger partial charge < -0.3 is 10.1 Å². The van der Waals surface area contributed by atoms with Crippen molar-refractivity contribution in [2.45, 2.75) is 37.1 Å². The molecule has 4 heterocycles. The number of benzene rings is 1. The maximum absolute atomic E-state index is 12.9. The number of aryl methyl sites for hydroxylation is 1. The first kappa shape index (κ1) is 16.6. The lowest BCUT2D eigenvalue weighted by Gasteiger charge is -2.32. The molecular formula is C19H22N4O4. The zero-order chi connectivity index (χ0) is 18.8. The van der Waals surface area contributed by atoms with E-state index in [1.165, 1.54) is 4.57 Å². The number of ether oxygens (including phenoxy) is 1. The quantitative estimate of drug-likeness (QED) is 0.706. The largest absolute Gasteiger partial charge is 0.492 e. The van der Waals surface area contributed by atoms with Crippen LogP contribution in [0, 0.1) is 0 Å². The maximum atomic E-state index is 12.9. The SMILES string of the molecule is Cn1c(=O)n(C2CCC(=O)NC2=O)c2cc3c(cc21)C1(CCNCC1)CO3. The van der Waals surface area contributed by atoms with E-state index in [1.807, 2.05) is 6.07 Å². The van der Waals surface area contributed by atoms with Crippen molar-refractivity contribution in [3.63, 3.8) is 0 Å². The second-order valence-corrected chi connectivity index (χ2v) is 7.83. The predicted molar refractivity (Wildman–Crippen MR) is 97.9 cm³/mol. The molecule has 0 radical (unpaired) electrons. The molecule has 0 aliphatic carbocycles. The predicted octanol–water partition coefficient (Wildman–Crippen LogP) is 0.331. The van der Waals surface area contributed by atoms with Gasteiger partial charge >= 0.3 is 5.69 Å². The Bertz CT molecular complexity index is 1030. The third kappa shape index (κ3) is 2.29. The Balaban J connectivity index is 1.67. The summed E-state index contributed by atoms with van der Waals surface area (Å²) in [6.45, 7) is 2.57. The van der Waals surface area contributed by atoms with Gasteiger partial charge in [-0.15, -0.1) is 0 Å². The number of hydrogen-bond acceptors (Lipinski definition) is 5. The van der Waals surface area contributed by atoms with Crippen LogP contribution in [0.3, 0.4) is 0 Å². The van der Waals surface area contributed by atoms with E-state index in [4.69, 9.17) is 4.74 Å². The fourth-order valence-corrected chi connectivity index (χ4v) is 4.76. The van der Waals surface area contributed by atoms with E-state index in [2.05, 4.69) is 16.7 Å². The molecular weight excluding hydrogens is 348 g/mol. The van der Waals surface area contributed by atoms with Crippen molar-refractivity contribution in [2.24, 2.45) is 7.05 Å². The summed E-state index contributed by atoms with van der Waals surface area (Å²) in [4.78, 5) is 36.7. The standard InChI is InChI=1S/C19H22N4O4/c1-22-13-8-11-15(27-10-19(11)4-6-20-7-5-19)9-14(13)23(18(22)26)12-2-3-16(24)21-17(12)25/h8-9,12,20H,2-7,10H2,1H3,(H,21,24,25). The highest BCUT2D eigenvalue weighted by Gasteiger charge is 2.42. The van der Waals surface area contributed by atoms with Crippen molar-refractivity contribution in [3.05, 3.63) is 28.2 Å². The number of imide groups is 1. The number of rotatable bonds is 1. The van der Waals surface area contributed by atoms with E-state index < -0.39 is 11.9 Å². The summed E-state index contributed by atoms with van der Waals surface area (Å²) in [5, 5.41) is 5.74. The van der Waals surface area contributed by atoms with Crippen molar-refractivity contribution in [2.75, 3.05) is 19.7 Å². The molecule has 2 amide bonds. The Labute approximate surface area is 155 Å². The fraction of sp³-hybridized carbons (Fsp3) is 0.526. The molecule has 2 saturated heterocycles. The number of fused-ring (bicyclic) bond motifs is 3. The molecule has 5 rings (SSSR count). The second-order valence-electron chi connectivity index (χ2n) is 7.83. The van der Waals surface area contributed by atoms with Gasteiger partial charge in [0, 0.05) is 30.5 Å². The van der Waals surface area contributed by atoms with Gasteiger partial charge in [-0.3, -0.25) is 24.0 Å². The van der Waals surface area contributed by atoms with Crippen molar-refractivity contribution in [1.82, 2.24) is 19.8 Å². The van der Waals surface area contributed by atoms with Gasteiger partial charge in [0.2, 0.25) is 11.8 Å². The van der Waals surface area contributed by atoms with Crippen molar-refractivity contribution in [3.8, 4) is 5.75 Å². The average Bonchev–Trinajstić information content (AvgIpc) is 3.11. The van der Waals surface area contributed by atoms with Gasteiger partial charge in [-0.05, 0) is 38.4 Å². The molecule has 1 unspecified atom stereocenters. The highest BCUT2D eigenvalue weighted by atomic mass is 16.5. The van der Waals surface area contributed by atoms with Crippen LogP contribution < -0.4 is 21.1 Å². The molecule has 2 N–H and O–H groups in total. The Morgan fingerprint density at radius 1 is 1.15 bits per heavy atom. The van der Waals surface area contributed by atoms with Crippen molar-refractivity contribution in [1.29, 1.82) is 0 Å². The molecule has 0 bridgehead atoms. The van der Waals surface area contributed by atoms with Gasteiger partial charge in [0.25, 0.3) is 0 Å². The Hall–Kier alpha value is -2.61. The van der Waals surface area contributed by atoms with Crippen LogP contribution in [0.5, 0.6) is 5.75 Å². The number of amides is 2. The molecule has 1 aromatic carbocycles. The first-order valence-corrected chi connectivity index (χ1v) is 9.43. The molecule has 1 atom stereocenters. The Kier molecular flexibility index (Phi) is 3.49. The zero-order valence-corrected chi connectivity index (χ0v) is 15.2. The smallest absolute Gasteiger partial charge is 0.329 e. The normalized spacial score (nSPS) is 24.1. The number of nitrogens with one attached hydrogen (secondary N) is 2. The van der Waals surface area contributed by atoms with Crippen LogP contribution in [0.2, 0.25) is 0 Å². The molecule has 1 spiro atoms. The number of carbonyl (C=O) groups excluding carboxylic acids is 2. The van der Waals surface area contributed by atoms with Gasteiger partial charge in [-0.2, -0.15) is 0 Å². The second kappa shape index (κ2) is 5.69. The first-order valence-electron chi connectivity index (χ1n) is 9.43. The van der Waals surface area contributed by atoms with Gasteiger partial charge in [0.05, 0.1) is 17.6 Å². The molecule has 2 aromatic rings. The van der Waals surface area contributed by atoms with E-state index >= 15 is 0 Å². The molecule has 8 nitrogen and oxygen atoms in total. The minimum Gasteiger partial charge on any atom is -0.492 e. The third-order valence-corrected chi connectivity index (χ3v) is 6.35. The monoisotopic (exact) mass is 370 g/mol. The minimum absolute atomic E-state index is 0.00154. The highest BCUT2D eigenvalue weighted by molar-refractivity contribution is 6.00. The zero-order valence-electron chi connectivity index (χ0n) is 15.2. The van der Waals surface area contributed by atoms with E-state index in [9.17, 15) is 14.4 Å². The number of aromatic nitrogens is 2. The topological polar surface area (TPSA) is 94.4 Å². The van der Waals surface area contributed by atoms with Crippen LogP contribution in [-0.4, -0.2) is 40.6 Å². The minimum atomic E-state index is -0.675. The van der Waals surface area contributed by atoms with Gasteiger partial charge in [0.1, 0.15) is 11.8 Å². The summed E-state index contributed by atoms with van der Waals surface area (Å²) < 4.78 is 9.13. The van der Waals surface area contributed by atoms with Crippen LogP contribution >= 0.6 is 0 Å². The lowest BCUT2D eigenvalue weighted by atomic mass is 9.75. The lowest BCUT2D eigenvalue weighted by Crippen LogP contribution is -2.44. The molecule has 142 valence electrons. The Morgan fingerprint density at radius 3 is 2.67 bits per heavy atom. The molecule has 8 heteroatoms. The molecule has 3 aliphatic rings. The number of hydrogen-bond donors (Lipinski definition) is 2. The molecule has 3 aliphatic heterocycles. The summed E-state index contributed by atoms with van der Waals surface area (Å²) in [7, 11) is 1.73. The summed E-state index contributed by atoms with van der Waals surface area (Å²) in [6.07, 6.45) is 2.58. The van der Waals surface area contributed by atoms with Crippen LogP contribution in [-0.2, 0) is 22.1 Å². The van der Waals surface area contributed by atoms with Crippen LogP contribution in [0.1, 0.15) is 37.3 Å². The number of piperidine rings is 2. The Morgan fingerprint density at radius 2 is 1.93 bits per heavy atom. The summed E-state index contributed by atoms with van der Waals surface area (Å²) in [5.74, 6) is 0.0924. The molecule has 2 fully saturated rings. The molecule has 1 aromatic heterocycles. The van der Waals surface area contributed by atoms with E-state index in [0.29, 0.717) is 18.5 Å². The fourth-order valence-electron chi connectivity index (χ4n) is 4.76. The average molecular weight is 370 g/mol. The van der Waals surface area contributed by atoms with E-state index in [1.54, 1.807) is 11.6 Å². The molecule has 0 saturated carbocycles. The highest BCUT2D eigenvalue weighted by Crippen LogP contribution is 2.46. The lowest BCUT2D eigenvalue weighted by molar-refractivity contribution is -0.135. The van der Waals surface area contributed by atoms with Gasteiger partial charge in [0.15, 0.2) is 0 Å². The number of carbonyl (C=O) groups is 2. The van der Waals surface area contributed by atoms with Crippen LogP contribution in [0.15, 0.2) is 16.9 Å². The van der Waals surface area contributed by atoms with Gasteiger partial charge in [-0.25, -0.2) is 4.79 Å². The summed E-state index contributed by atoms with van der Waals surface area (Å²) in [5.41, 5.74) is 2.39. The summed E-state index contributed by atoms with van der Waals surface area (Å²) >= 11 is 0. The first-order chi connectivity index (χ1) is 13.0. The van der Waals surface area contributed by atoms with Crippen LogP contribution in [0.25, 0.3) is 11.0 Å². The number of nitrogens with zero attached hydrogens (tertiary/aromatic N) is 2.